The highest BCUT2D eigenvalue weighted by atomic mass is 35.5. The van der Waals surface area contributed by atoms with Gasteiger partial charge in [0.05, 0.1) is 24.7 Å². The van der Waals surface area contributed by atoms with Gasteiger partial charge in [0.15, 0.2) is 11.5 Å². The van der Waals surface area contributed by atoms with Crippen molar-refractivity contribution in [1.82, 2.24) is 9.55 Å². The molecule has 1 aromatic heterocycles. The Bertz CT molecular complexity index is 1350. The second-order valence-electron chi connectivity index (χ2n) is 8.45. The standard InChI is InChI=1S/C27H26ClN3O3/c1-18-11-12-20(28)16-23(18)31-17-19(15-26(31)32)27-29-21-7-3-4-8-22(21)30(27)13-14-34-25-10-6-5-9-24(25)33-2/h3-12,16,19H,13-15,17H2,1-2H3/t19-/m1/s1. The molecule has 5 rings (SSSR count). The molecule has 1 amide bonds. The first-order valence-electron chi connectivity index (χ1n) is 11.3. The van der Waals surface area contributed by atoms with Gasteiger partial charge in [-0.25, -0.2) is 4.98 Å². The van der Waals surface area contributed by atoms with Crippen LogP contribution in [-0.4, -0.2) is 35.7 Å². The summed E-state index contributed by atoms with van der Waals surface area (Å²) in [7, 11) is 1.63. The molecule has 34 heavy (non-hydrogen) atoms. The largest absolute Gasteiger partial charge is 0.493 e. The summed E-state index contributed by atoms with van der Waals surface area (Å²) in [5.41, 5.74) is 3.84. The fourth-order valence-electron chi connectivity index (χ4n) is 4.61. The zero-order valence-electron chi connectivity index (χ0n) is 19.2. The van der Waals surface area contributed by atoms with Crippen molar-refractivity contribution in [2.24, 2.45) is 0 Å². The highest BCUT2D eigenvalue weighted by Gasteiger charge is 2.35. The van der Waals surface area contributed by atoms with E-state index in [-0.39, 0.29) is 11.8 Å². The number of ether oxygens (including phenoxy) is 2. The van der Waals surface area contributed by atoms with E-state index in [2.05, 4.69) is 10.6 Å². The number of rotatable bonds is 7. The Hall–Kier alpha value is -3.51. The maximum absolute atomic E-state index is 13.0. The van der Waals surface area contributed by atoms with E-state index in [4.69, 9.17) is 26.1 Å². The monoisotopic (exact) mass is 475 g/mol. The molecule has 0 spiro atoms. The van der Waals surface area contributed by atoms with Crippen molar-refractivity contribution in [2.45, 2.75) is 25.8 Å². The number of para-hydroxylation sites is 4. The lowest BCUT2D eigenvalue weighted by atomic mass is 10.1. The van der Waals surface area contributed by atoms with E-state index < -0.39 is 0 Å². The number of halogens is 1. The van der Waals surface area contributed by atoms with Crippen molar-refractivity contribution in [3.8, 4) is 11.5 Å². The number of hydrogen-bond donors (Lipinski definition) is 0. The average Bonchev–Trinajstić information content (AvgIpc) is 3.41. The van der Waals surface area contributed by atoms with Crippen molar-refractivity contribution in [3.63, 3.8) is 0 Å². The third kappa shape index (κ3) is 4.21. The number of aromatic nitrogens is 2. The van der Waals surface area contributed by atoms with E-state index in [1.54, 1.807) is 7.11 Å². The van der Waals surface area contributed by atoms with Gasteiger partial charge in [-0.15, -0.1) is 0 Å². The Balaban J connectivity index is 1.42. The van der Waals surface area contributed by atoms with Crippen molar-refractivity contribution in [1.29, 1.82) is 0 Å². The van der Waals surface area contributed by atoms with Gasteiger partial charge in [0.2, 0.25) is 5.91 Å². The summed E-state index contributed by atoms with van der Waals surface area (Å²) in [4.78, 5) is 19.8. The Kier molecular flexibility index (Phi) is 6.16. The van der Waals surface area contributed by atoms with E-state index in [1.165, 1.54) is 0 Å². The predicted molar refractivity (Wildman–Crippen MR) is 134 cm³/mol. The minimum atomic E-state index is -0.0236. The summed E-state index contributed by atoms with van der Waals surface area (Å²) < 4.78 is 13.6. The van der Waals surface area contributed by atoms with Crippen LogP contribution in [0.25, 0.3) is 11.0 Å². The quantitative estimate of drug-likeness (QED) is 0.349. The zero-order chi connectivity index (χ0) is 23.7. The number of carbonyl (C=O) groups excluding carboxylic acids is 1. The van der Waals surface area contributed by atoms with E-state index >= 15 is 0 Å². The molecule has 3 aromatic carbocycles. The maximum atomic E-state index is 13.0. The molecule has 0 N–H and O–H groups in total. The molecule has 1 aliphatic rings. The molecular formula is C27H26ClN3O3. The van der Waals surface area contributed by atoms with Gasteiger partial charge in [-0.2, -0.15) is 0 Å². The van der Waals surface area contributed by atoms with Crippen LogP contribution in [0.3, 0.4) is 0 Å². The highest BCUT2D eigenvalue weighted by molar-refractivity contribution is 6.31. The molecule has 1 aliphatic heterocycles. The van der Waals surface area contributed by atoms with Crippen molar-refractivity contribution in [2.75, 3.05) is 25.2 Å². The number of fused-ring (bicyclic) bond motifs is 1. The number of anilines is 1. The molecule has 2 heterocycles. The molecule has 7 heteroatoms. The van der Waals surface area contributed by atoms with Crippen LogP contribution >= 0.6 is 11.6 Å². The Morgan fingerprint density at radius 2 is 1.82 bits per heavy atom. The lowest BCUT2D eigenvalue weighted by Gasteiger charge is -2.20. The molecule has 0 unspecified atom stereocenters. The summed E-state index contributed by atoms with van der Waals surface area (Å²) in [5.74, 6) is 2.37. The van der Waals surface area contributed by atoms with Crippen molar-refractivity contribution in [3.05, 3.63) is 83.1 Å². The van der Waals surface area contributed by atoms with Crippen LogP contribution in [-0.2, 0) is 11.3 Å². The van der Waals surface area contributed by atoms with Crippen LogP contribution in [0.15, 0.2) is 66.7 Å². The molecule has 1 saturated heterocycles. The first-order valence-corrected chi connectivity index (χ1v) is 11.7. The third-order valence-corrected chi connectivity index (χ3v) is 6.51. The SMILES string of the molecule is COc1ccccc1OCCn1c([C@@H]2CC(=O)N(c3cc(Cl)ccc3C)C2)nc2ccccc21. The van der Waals surface area contributed by atoms with Gasteiger partial charge in [-0.05, 0) is 48.9 Å². The van der Waals surface area contributed by atoms with Crippen molar-refractivity contribution >= 4 is 34.2 Å². The van der Waals surface area contributed by atoms with E-state index in [0.717, 1.165) is 28.1 Å². The lowest BCUT2D eigenvalue weighted by Crippen LogP contribution is -2.25. The second kappa shape index (κ2) is 9.39. The summed E-state index contributed by atoms with van der Waals surface area (Å²) in [6.45, 7) is 3.62. The average molecular weight is 476 g/mol. The Morgan fingerprint density at radius 1 is 1.06 bits per heavy atom. The first-order chi connectivity index (χ1) is 16.5. The number of methoxy groups -OCH3 is 1. The summed E-state index contributed by atoms with van der Waals surface area (Å²) in [6.07, 6.45) is 0.405. The first kappa shape index (κ1) is 22.3. The topological polar surface area (TPSA) is 56.6 Å². The van der Waals surface area contributed by atoms with Crippen LogP contribution in [0.2, 0.25) is 5.02 Å². The number of amides is 1. The molecule has 1 atom stereocenters. The number of benzene rings is 3. The molecule has 0 saturated carbocycles. The van der Waals surface area contributed by atoms with Gasteiger partial charge in [0.1, 0.15) is 12.4 Å². The Labute approximate surface area is 203 Å². The number of carbonyl (C=O) groups is 1. The Morgan fingerprint density at radius 3 is 2.65 bits per heavy atom. The zero-order valence-corrected chi connectivity index (χ0v) is 20.0. The van der Waals surface area contributed by atoms with Gasteiger partial charge in [0.25, 0.3) is 0 Å². The maximum Gasteiger partial charge on any atom is 0.227 e. The normalized spacial score (nSPS) is 15.8. The highest BCUT2D eigenvalue weighted by Crippen LogP contribution is 2.35. The van der Waals surface area contributed by atoms with Crippen LogP contribution in [0.4, 0.5) is 5.69 Å². The van der Waals surface area contributed by atoms with Crippen LogP contribution in [0.5, 0.6) is 11.5 Å². The minimum Gasteiger partial charge on any atom is -0.493 e. The summed E-state index contributed by atoms with van der Waals surface area (Å²) in [6, 6.07) is 21.3. The molecule has 0 bridgehead atoms. The van der Waals surface area contributed by atoms with E-state index in [1.807, 2.05) is 72.5 Å². The van der Waals surface area contributed by atoms with Gasteiger partial charge in [-0.1, -0.05) is 41.9 Å². The van der Waals surface area contributed by atoms with E-state index in [0.29, 0.717) is 42.6 Å². The van der Waals surface area contributed by atoms with Crippen LogP contribution < -0.4 is 14.4 Å². The molecule has 1 fully saturated rings. The molecule has 174 valence electrons. The van der Waals surface area contributed by atoms with Gasteiger partial charge < -0.3 is 18.9 Å². The van der Waals surface area contributed by atoms with Gasteiger partial charge >= 0.3 is 0 Å². The summed E-state index contributed by atoms with van der Waals surface area (Å²) >= 11 is 6.23. The van der Waals surface area contributed by atoms with E-state index in [9.17, 15) is 4.79 Å². The molecule has 0 radical (unpaired) electrons. The van der Waals surface area contributed by atoms with Gasteiger partial charge in [-0.3, -0.25) is 4.79 Å². The molecule has 0 aliphatic carbocycles. The number of nitrogens with zero attached hydrogens (tertiary/aromatic N) is 3. The van der Waals surface area contributed by atoms with Crippen LogP contribution in [0.1, 0.15) is 23.7 Å². The predicted octanol–water partition coefficient (Wildman–Crippen LogP) is 5.61. The molecule has 6 nitrogen and oxygen atoms in total. The third-order valence-electron chi connectivity index (χ3n) is 6.28. The second-order valence-corrected chi connectivity index (χ2v) is 8.88. The fraction of sp³-hybridized carbons (Fsp3) is 0.259. The fourth-order valence-corrected chi connectivity index (χ4v) is 4.78. The van der Waals surface area contributed by atoms with Crippen LogP contribution in [0, 0.1) is 6.92 Å². The lowest BCUT2D eigenvalue weighted by molar-refractivity contribution is -0.117. The number of imidazole rings is 1. The van der Waals surface area contributed by atoms with Crippen molar-refractivity contribution < 1.29 is 14.3 Å². The number of hydrogen-bond acceptors (Lipinski definition) is 4. The molecule has 4 aromatic rings. The summed E-state index contributed by atoms with van der Waals surface area (Å²) in [5, 5.41) is 0.623. The van der Waals surface area contributed by atoms with Gasteiger partial charge in [0, 0.05) is 29.6 Å². The number of aryl methyl sites for hydroxylation is 1. The minimum absolute atomic E-state index is 0.0236. The smallest absolute Gasteiger partial charge is 0.227 e. The molecular weight excluding hydrogens is 450 g/mol.